The molecule has 1 heterocycles. The van der Waals surface area contributed by atoms with E-state index in [0.29, 0.717) is 21.9 Å². The predicted octanol–water partition coefficient (Wildman–Crippen LogP) is 1.80. The summed E-state index contributed by atoms with van der Waals surface area (Å²) in [5, 5.41) is 12.6. The highest BCUT2D eigenvalue weighted by Crippen LogP contribution is 2.42. The van der Waals surface area contributed by atoms with Crippen LogP contribution in [-0.2, 0) is 14.3 Å². The number of nitriles is 1. The number of carbonyl (C=O) groups excluding carboxylic acids is 2. The number of hydrogen-bond donors (Lipinski definition) is 1. The molecule has 1 amide bonds. The molecule has 1 aliphatic heterocycles. The fourth-order valence-corrected chi connectivity index (χ4v) is 3.22. The Hall–Kier alpha value is -2.46. The zero-order valence-corrected chi connectivity index (χ0v) is 13.8. The number of carbonyl (C=O) groups is 2. The van der Waals surface area contributed by atoms with Crippen LogP contribution >= 0.6 is 11.8 Å². The van der Waals surface area contributed by atoms with Gasteiger partial charge in [-0.3, -0.25) is 9.59 Å². The van der Waals surface area contributed by atoms with E-state index in [1.54, 1.807) is 30.5 Å². The number of amides is 1. The molecule has 0 unspecified atom stereocenters. The third-order valence-corrected chi connectivity index (χ3v) is 4.39. The van der Waals surface area contributed by atoms with Crippen molar-refractivity contribution in [1.29, 1.82) is 5.26 Å². The lowest BCUT2D eigenvalue weighted by Crippen LogP contribution is -2.44. The van der Waals surface area contributed by atoms with Gasteiger partial charge < -0.3 is 14.8 Å². The Morgan fingerprint density at radius 1 is 1.35 bits per heavy atom. The lowest BCUT2D eigenvalue weighted by Gasteiger charge is -2.31. The monoisotopic (exact) mass is 332 g/mol. The Bertz CT molecular complexity index is 708. The van der Waals surface area contributed by atoms with Gasteiger partial charge in [0.1, 0.15) is 11.7 Å². The summed E-state index contributed by atoms with van der Waals surface area (Å²) < 4.78 is 10.1. The SMILES string of the molecule is COC(=O)[C@@H]1C(=O)NC(SC)=C(C#N)[C@@H]1c1ccccc1OC. The van der Waals surface area contributed by atoms with E-state index in [4.69, 9.17) is 9.47 Å². The minimum Gasteiger partial charge on any atom is -0.496 e. The molecule has 0 radical (unpaired) electrons. The summed E-state index contributed by atoms with van der Waals surface area (Å²) in [7, 11) is 2.72. The summed E-state index contributed by atoms with van der Waals surface area (Å²) in [5.74, 6) is -2.56. The van der Waals surface area contributed by atoms with Gasteiger partial charge in [0, 0.05) is 11.5 Å². The normalized spacial score (nSPS) is 20.5. The van der Waals surface area contributed by atoms with Crippen LogP contribution in [0.3, 0.4) is 0 Å². The van der Waals surface area contributed by atoms with Crippen molar-refractivity contribution in [2.45, 2.75) is 5.92 Å². The highest BCUT2D eigenvalue weighted by molar-refractivity contribution is 8.02. The number of hydrogen-bond acceptors (Lipinski definition) is 6. The first kappa shape index (κ1) is 16.9. The number of nitrogens with one attached hydrogen (secondary N) is 1. The van der Waals surface area contributed by atoms with Gasteiger partial charge in [0.2, 0.25) is 5.91 Å². The zero-order valence-electron chi connectivity index (χ0n) is 13.0. The second kappa shape index (κ2) is 7.20. The van der Waals surface area contributed by atoms with Gasteiger partial charge in [0.25, 0.3) is 0 Å². The molecule has 0 saturated heterocycles. The second-order valence-corrected chi connectivity index (χ2v) is 5.58. The summed E-state index contributed by atoms with van der Waals surface area (Å²) in [6, 6.07) is 9.14. The van der Waals surface area contributed by atoms with Crippen molar-refractivity contribution in [2.24, 2.45) is 5.92 Å². The van der Waals surface area contributed by atoms with Gasteiger partial charge >= 0.3 is 5.97 Å². The van der Waals surface area contributed by atoms with Crippen LogP contribution in [0.15, 0.2) is 34.9 Å². The van der Waals surface area contributed by atoms with Crippen LogP contribution in [0, 0.1) is 17.2 Å². The molecule has 0 saturated carbocycles. The minimum absolute atomic E-state index is 0.317. The fourth-order valence-electron chi connectivity index (χ4n) is 2.63. The van der Waals surface area contributed by atoms with Crippen LogP contribution in [0.2, 0.25) is 0 Å². The number of para-hydroxylation sites is 1. The molecular weight excluding hydrogens is 316 g/mol. The van der Waals surface area contributed by atoms with E-state index in [1.807, 2.05) is 0 Å². The predicted molar refractivity (Wildman–Crippen MR) is 85.5 cm³/mol. The largest absolute Gasteiger partial charge is 0.496 e. The molecule has 1 N–H and O–H groups in total. The molecule has 0 spiro atoms. The molecule has 0 aromatic heterocycles. The highest BCUT2D eigenvalue weighted by atomic mass is 32.2. The third-order valence-electron chi connectivity index (χ3n) is 3.66. The Balaban J connectivity index is 2.70. The van der Waals surface area contributed by atoms with Crippen molar-refractivity contribution in [1.82, 2.24) is 5.32 Å². The van der Waals surface area contributed by atoms with E-state index < -0.39 is 23.7 Å². The first-order valence-electron chi connectivity index (χ1n) is 6.78. The number of esters is 1. The van der Waals surface area contributed by atoms with Crippen molar-refractivity contribution < 1.29 is 19.1 Å². The lowest BCUT2D eigenvalue weighted by atomic mass is 9.78. The molecule has 0 aliphatic carbocycles. The van der Waals surface area contributed by atoms with Crippen LogP contribution in [-0.4, -0.2) is 32.4 Å². The van der Waals surface area contributed by atoms with Crippen LogP contribution in [0.1, 0.15) is 11.5 Å². The quantitative estimate of drug-likeness (QED) is 0.668. The number of methoxy groups -OCH3 is 2. The standard InChI is InChI=1S/C16H16N2O4S/c1-21-11-7-5-4-6-9(11)12-10(8-17)15(23-3)18-14(19)13(12)16(20)22-2/h4-7,12-13H,1-3H3,(H,18,19)/t12-,13-/m0/s1. The van der Waals surface area contributed by atoms with E-state index >= 15 is 0 Å². The Kier molecular flexibility index (Phi) is 5.29. The molecule has 0 bridgehead atoms. The molecule has 23 heavy (non-hydrogen) atoms. The molecule has 1 aliphatic rings. The van der Waals surface area contributed by atoms with E-state index in [1.165, 1.54) is 26.0 Å². The number of nitrogens with zero attached hydrogens (tertiary/aromatic N) is 1. The van der Waals surface area contributed by atoms with Crippen molar-refractivity contribution >= 4 is 23.6 Å². The average molecular weight is 332 g/mol. The molecular formula is C16H16N2O4S. The van der Waals surface area contributed by atoms with Crippen molar-refractivity contribution in [3.8, 4) is 11.8 Å². The smallest absolute Gasteiger partial charge is 0.319 e. The van der Waals surface area contributed by atoms with Crippen molar-refractivity contribution in [2.75, 3.05) is 20.5 Å². The first-order chi connectivity index (χ1) is 11.1. The van der Waals surface area contributed by atoms with E-state index in [2.05, 4.69) is 11.4 Å². The van der Waals surface area contributed by atoms with E-state index in [0.717, 1.165) is 0 Å². The third kappa shape index (κ3) is 3.03. The Morgan fingerprint density at radius 2 is 2.04 bits per heavy atom. The van der Waals surface area contributed by atoms with Gasteiger partial charge in [0.15, 0.2) is 0 Å². The molecule has 120 valence electrons. The summed E-state index contributed by atoms with van der Waals surface area (Å²) >= 11 is 1.25. The second-order valence-electron chi connectivity index (χ2n) is 4.77. The number of rotatable bonds is 4. The molecule has 7 heteroatoms. The van der Waals surface area contributed by atoms with E-state index in [9.17, 15) is 14.9 Å². The summed E-state index contributed by atoms with van der Waals surface area (Å²) in [4.78, 5) is 24.6. The molecule has 6 nitrogen and oxygen atoms in total. The van der Waals surface area contributed by atoms with Gasteiger partial charge in [-0.1, -0.05) is 18.2 Å². The maximum absolute atomic E-state index is 12.4. The number of benzene rings is 1. The molecule has 0 fully saturated rings. The summed E-state index contributed by atoms with van der Waals surface area (Å²) in [6.45, 7) is 0. The lowest BCUT2D eigenvalue weighted by molar-refractivity contribution is -0.150. The Labute approximate surface area is 138 Å². The minimum atomic E-state index is -1.14. The fraction of sp³-hybridized carbons (Fsp3) is 0.312. The van der Waals surface area contributed by atoms with Crippen LogP contribution in [0.25, 0.3) is 0 Å². The topological polar surface area (TPSA) is 88.4 Å². The maximum atomic E-state index is 12.4. The number of ether oxygens (including phenoxy) is 2. The van der Waals surface area contributed by atoms with Crippen LogP contribution in [0.5, 0.6) is 5.75 Å². The van der Waals surface area contributed by atoms with Crippen LogP contribution < -0.4 is 10.1 Å². The zero-order chi connectivity index (χ0) is 17.0. The number of allylic oxidation sites excluding steroid dienone is 1. The average Bonchev–Trinajstić information content (AvgIpc) is 2.59. The van der Waals surface area contributed by atoms with Gasteiger partial charge in [-0.05, 0) is 12.3 Å². The number of thioether (sulfide) groups is 1. The summed E-state index contributed by atoms with van der Waals surface area (Å²) in [5.41, 5.74) is 0.917. The molecule has 1 aromatic carbocycles. The molecule has 1 aromatic rings. The van der Waals surface area contributed by atoms with Crippen molar-refractivity contribution in [3.63, 3.8) is 0 Å². The highest BCUT2D eigenvalue weighted by Gasteiger charge is 2.45. The van der Waals surface area contributed by atoms with Crippen molar-refractivity contribution in [3.05, 3.63) is 40.4 Å². The molecule has 2 rings (SSSR count). The maximum Gasteiger partial charge on any atom is 0.319 e. The van der Waals surface area contributed by atoms with Crippen LogP contribution in [0.4, 0.5) is 0 Å². The Morgan fingerprint density at radius 3 is 2.61 bits per heavy atom. The van der Waals surface area contributed by atoms with Gasteiger partial charge in [-0.2, -0.15) is 5.26 Å². The molecule has 2 atom stereocenters. The first-order valence-corrected chi connectivity index (χ1v) is 8.01. The van der Waals surface area contributed by atoms with Gasteiger partial charge in [-0.25, -0.2) is 0 Å². The van der Waals surface area contributed by atoms with Gasteiger partial charge in [0.05, 0.1) is 30.9 Å². The van der Waals surface area contributed by atoms with E-state index in [-0.39, 0.29) is 0 Å². The summed E-state index contributed by atoms with van der Waals surface area (Å²) in [6.07, 6.45) is 1.75. The van der Waals surface area contributed by atoms with Gasteiger partial charge in [-0.15, -0.1) is 11.8 Å².